The van der Waals surface area contributed by atoms with Crippen LogP contribution in [0.1, 0.15) is 11.1 Å². The molecule has 0 atom stereocenters. The van der Waals surface area contributed by atoms with E-state index in [1.165, 1.54) is 6.33 Å². The highest BCUT2D eigenvalue weighted by molar-refractivity contribution is 6.29. The molecular formula is C13H10ClN3O. The van der Waals surface area contributed by atoms with E-state index in [9.17, 15) is 0 Å². The lowest BCUT2D eigenvalue weighted by Gasteiger charge is -2.09. The molecule has 90 valence electrons. The van der Waals surface area contributed by atoms with Crippen molar-refractivity contribution in [3.8, 4) is 23.1 Å². The number of hydrogen-bond acceptors (Lipinski definition) is 4. The molecule has 0 fully saturated rings. The van der Waals surface area contributed by atoms with E-state index in [0.29, 0.717) is 22.2 Å². The summed E-state index contributed by atoms with van der Waals surface area (Å²) in [5, 5.41) is 9.46. The number of nitriles is 1. The van der Waals surface area contributed by atoms with Crippen molar-refractivity contribution in [2.75, 3.05) is 7.11 Å². The second kappa shape index (κ2) is 5.03. The molecule has 4 nitrogen and oxygen atoms in total. The van der Waals surface area contributed by atoms with E-state index in [1.54, 1.807) is 19.2 Å². The first-order valence-corrected chi connectivity index (χ1v) is 5.60. The zero-order chi connectivity index (χ0) is 13.1. The van der Waals surface area contributed by atoms with E-state index in [1.807, 2.05) is 13.0 Å². The molecule has 0 saturated carbocycles. The Labute approximate surface area is 110 Å². The fraction of sp³-hybridized carbons (Fsp3) is 0.154. The highest BCUT2D eigenvalue weighted by Gasteiger charge is 2.10. The highest BCUT2D eigenvalue weighted by atomic mass is 35.5. The Bertz CT molecular complexity index is 635. The number of hydrogen-bond donors (Lipinski definition) is 0. The Balaban J connectivity index is 2.62. The Hall–Kier alpha value is -2.12. The van der Waals surface area contributed by atoms with Crippen LogP contribution in [-0.2, 0) is 0 Å². The molecule has 0 N–H and O–H groups in total. The van der Waals surface area contributed by atoms with Gasteiger partial charge in [0.1, 0.15) is 17.2 Å². The second-order valence-corrected chi connectivity index (χ2v) is 4.08. The van der Waals surface area contributed by atoms with Gasteiger partial charge in [0, 0.05) is 17.2 Å². The number of rotatable bonds is 2. The van der Waals surface area contributed by atoms with Crippen LogP contribution >= 0.6 is 11.6 Å². The first kappa shape index (κ1) is 12.3. The highest BCUT2D eigenvalue weighted by Crippen LogP contribution is 2.29. The molecule has 1 aromatic carbocycles. The Kier molecular flexibility index (Phi) is 3.45. The molecule has 5 heteroatoms. The number of benzene rings is 1. The number of aromatic nitrogens is 2. The summed E-state index contributed by atoms with van der Waals surface area (Å²) in [6.45, 7) is 1.84. The van der Waals surface area contributed by atoms with E-state index < -0.39 is 0 Å². The van der Waals surface area contributed by atoms with E-state index in [4.69, 9.17) is 21.6 Å². The van der Waals surface area contributed by atoms with Crippen LogP contribution in [0.4, 0.5) is 0 Å². The van der Waals surface area contributed by atoms with Gasteiger partial charge in [0.15, 0.2) is 0 Å². The van der Waals surface area contributed by atoms with Crippen LogP contribution in [0.5, 0.6) is 5.75 Å². The quantitative estimate of drug-likeness (QED) is 0.778. The number of nitrogens with zero attached hydrogens (tertiary/aromatic N) is 3. The standard InChI is InChI=1S/C13H10ClN3O/c1-8-10(6-15)3-9(4-12(8)18-2)11-5-13(14)17-7-16-11/h3-5,7H,1-2H3. The summed E-state index contributed by atoms with van der Waals surface area (Å²) in [7, 11) is 1.57. The molecule has 0 amide bonds. The second-order valence-electron chi connectivity index (χ2n) is 3.69. The minimum Gasteiger partial charge on any atom is -0.496 e. The van der Waals surface area contributed by atoms with Gasteiger partial charge < -0.3 is 4.74 Å². The van der Waals surface area contributed by atoms with Crippen molar-refractivity contribution in [1.29, 1.82) is 5.26 Å². The van der Waals surface area contributed by atoms with E-state index in [2.05, 4.69) is 16.0 Å². The van der Waals surface area contributed by atoms with Crippen molar-refractivity contribution < 1.29 is 4.74 Å². The first-order chi connectivity index (χ1) is 8.65. The van der Waals surface area contributed by atoms with Crippen molar-refractivity contribution in [3.63, 3.8) is 0 Å². The predicted molar refractivity (Wildman–Crippen MR) is 68.5 cm³/mol. The molecule has 0 aliphatic heterocycles. The van der Waals surface area contributed by atoms with Crippen molar-refractivity contribution in [1.82, 2.24) is 9.97 Å². The van der Waals surface area contributed by atoms with E-state index in [-0.39, 0.29) is 0 Å². The largest absolute Gasteiger partial charge is 0.496 e. The molecule has 0 aliphatic rings. The van der Waals surface area contributed by atoms with Crippen molar-refractivity contribution in [2.24, 2.45) is 0 Å². The van der Waals surface area contributed by atoms with E-state index in [0.717, 1.165) is 11.1 Å². The third kappa shape index (κ3) is 2.27. The van der Waals surface area contributed by atoms with Crippen molar-refractivity contribution in [3.05, 3.63) is 40.8 Å². The molecule has 2 rings (SSSR count). The summed E-state index contributed by atoms with van der Waals surface area (Å²) < 4.78 is 5.25. The molecule has 18 heavy (non-hydrogen) atoms. The lowest BCUT2D eigenvalue weighted by Crippen LogP contribution is -1.94. The van der Waals surface area contributed by atoms with Crippen LogP contribution in [0, 0.1) is 18.3 Å². The lowest BCUT2D eigenvalue weighted by molar-refractivity contribution is 0.411. The molecule has 0 bridgehead atoms. The summed E-state index contributed by atoms with van der Waals surface area (Å²) in [5.41, 5.74) is 2.80. The van der Waals surface area contributed by atoms with Crippen LogP contribution in [0.15, 0.2) is 24.5 Å². The van der Waals surface area contributed by atoms with Gasteiger partial charge in [-0.2, -0.15) is 5.26 Å². The summed E-state index contributed by atoms with van der Waals surface area (Å²) in [6, 6.07) is 7.37. The van der Waals surface area contributed by atoms with Crippen LogP contribution < -0.4 is 4.74 Å². The molecule has 0 aliphatic carbocycles. The molecule has 0 unspecified atom stereocenters. The predicted octanol–water partition coefficient (Wildman–Crippen LogP) is 2.99. The van der Waals surface area contributed by atoms with Gasteiger partial charge in [0.25, 0.3) is 0 Å². The van der Waals surface area contributed by atoms with Gasteiger partial charge in [0.05, 0.1) is 24.4 Å². The minimum atomic E-state index is 0.359. The molecule has 0 radical (unpaired) electrons. The molecule has 1 aromatic heterocycles. The SMILES string of the molecule is COc1cc(-c2cc(Cl)ncn2)cc(C#N)c1C. The fourth-order valence-electron chi connectivity index (χ4n) is 1.66. The summed E-state index contributed by atoms with van der Waals surface area (Å²) in [4.78, 5) is 7.96. The van der Waals surface area contributed by atoms with Crippen LogP contribution in [0.2, 0.25) is 5.15 Å². The van der Waals surface area contributed by atoms with Gasteiger partial charge in [-0.15, -0.1) is 0 Å². The average molecular weight is 260 g/mol. The smallest absolute Gasteiger partial charge is 0.133 e. The maximum Gasteiger partial charge on any atom is 0.133 e. The minimum absolute atomic E-state index is 0.359. The van der Waals surface area contributed by atoms with E-state index >= 15 is 0 Å². The normalized spacial score (nSPS) is 9.89. The van der Waals surface area contributed by atoms with Gasteiger partial charge in [-0.25, -0.2) is 9.97 Å². The molecule has 0 spiro atoms. The molecule has 2 aromatic rings. The molecule has 0 saturated heterocycles. The average Bonchev–Trinajstić information content (AvgIpc) is 2.39. The number of methoxy groups -OCH3 is 1. The fourth-order valence-corrected chi connectivity index (χ4v) is 1.80. The monoisotopic (exact) mass is 259 g/mol. The topological polar surface area (TPSA) is 58.8 Å². The van der Waals surface area contributed by atoms with Gasteiger partial charge in [-0.3, -0.25) is 0 Å². The maximum atomic E-state index is 9.10. The first-order valence-electron chi connectivity index (χ1n) is 5.22. The maximum absolute atomic E-state index is 9.10. The van der Waals surface area contributed by atoms with Gasteiger partial charge in [0.2, 0.25) is 0 Å². The van der Waals surface area contributed by atoms with Gasteiger partial charge in [-0.05, 0) is 19.1 Å². The Morgan fingerprint density at radius 1 is 1.28 bits per heavy atom. The van der Waals surface area contributed by atoms with Crippen LogP contribution in [0.25, 0.3) is 11.3 Å². The summed E-state index contributed by atoms with van der Waals surface area (Å²) in [6.07, 6.45) is 1.38. The number of ether oxygens (including phenoxy) is 1. The Morgan fingerprint density at radius 2 is 2.06 bits per heavy atom. The van der Waals surface area contributed by atoms with Crippen LogP contribution in [-0.4, -0.2) is 17.1 Å². The molecule has 1 heterocycles. The Morgan fingerprint density at radius 3 is 2.67 bits per heavy atom. The lowest BCUT2D eigenvalue weighted by atomic mass is 10.0. The van der Waals surface area contributed by atoms with Crippen molar-refractivity contribution in [2.45, 2.75) is 6.92 Å². The zero-order valence-corrected chi connectivity index (χ0v) is 10.7. The van der Waals surface area contributed by atoms with Crippen molar-refractivity contribution >= 4 is 11.6 Å². The van der Waals surface area contributed by atoms with Gasteiger partial charge in [-0.1, -0.05) is 11.6 Å². The molecular weight excluding hydrogens is 250 g/mol. The third-order valence-corrected chi connectivity index (χ3v) is 2.84. The summed E-state index contributed by atoms with van der Waals surface area (Å²) >= 11 is 5.83. The van der Waals surface area contributed by atoms with Gasteiger partial charge >= 0.3 is 0 Å². The zero-order valence-electron chi connectivity index (χ0n) is 9.94. The van der Waals surface area contributed by atoms with Crippen LogP contribution in [0.3, 0.4) is 0 Å². The third-order valence-electron chi connectivity index (χ3n) is 2.63. The summed E-state index contributed by atoms with van der Waals surface area (Å²) in [5.74, 6) is 0.652. The number of halogens is 1.